The molecule has 0 aliphatic rings. The van der Waals surface area contributed by atoms with Gasteiger partial charge in [0.05, 0.1) is 0 Å². The van der Waals surface area contributed by atoms with Gasteiger partial charge in [-0.2, -0.15) is 0 Å². The van der Waals surface area contributed by atoms with Crippen LogP contribution in [0.25, 0.3) is 0 Å². The number of esters is 2. The molecule has 0 aromatic heterocycles. The minimum Gasteiger partial charge on any atom is -1.00 e. The molecule has 0 saturated carbocycles. The third-order valence-corrected chi connectivity index (χ3v) is 7.54. The van der Waals surface area contributed by atoms with Crippen LogP contribution in [0.2, 0.25) is 0 Å². The van der Waals surface area contributed by atoms with E-state index < -0.39 is 0 Å². The molecule has 0 aromatic carbocycles. The summed E-state index contributed by atoms with van der Waals surface area (Å²) >= 11 is 0. The summed E-state index contributed by atoms with van der Waals surface area (Å²) in [6.45, 7) is 4.52. The van der Waals surface area contributed by atoms with Gasteiger partial charge in [-0.15, -0.1) is 0 Å². The second-order valence-electron chi connectivity index (χ2n) is 11.5. The molecule has 41 heavy (non-hydrogen) atoms. The number of carbonyl (C=O) groups excluding carboxylic acids is 2. The van der Waals surface area contributed by atoms with Gasteiger partial charge in [0.1, 0.15) is 0 Å². The molecule has 0 aromatic rings. The van der Waals surface area contributed by atoms with E-state index in [2.05, 4.69) is 38.2 Å². The summed E-state index contributed by atoms with van der Waals surface area (Å²) in [5.41, 5.74) is 0. The summed E-state index contributed by atoms with van der Waals surface area (Å²) in [6.07, 6.45) is 42.2. The van der Waals surface area contributed by atoms with Crippen LogP contribution in [-0.2, 0) is 31.4 Å². The number of hydrogen-bond donors (Lipinski definition) is 0. The van der Waals surface area contributed by atoms with Crippen LogP contribution in [0.4, 0.5) is 0 Å². The number of unbranched alkanes of at least 4 members (excludes halogenated alkanes) is 22. The molecule has 0 spiro atoms. The first-order chi connectivity index (χ1) is 19.2. The molecule has 0 aliphatic heterocycles. The van der Waals surface area contributed by atoms with Crippen molar-refractivity contribution in [2.45, 2.75) is 194 Å². The molecule has 0 unspecified atom stereocenters. The van der Waals surface area contributed by atoms with E-state index in [1.807, 2.05) is 0 Å². The third-order valence-electron chi connectivity index (χ3n) is 7.54. The molecule has 0 atom stereocenters. The van der Waals surface area contributed by atoms with E-state index in [0.717, 1.165) is 44.9 Å². The maximum Gasteiger partial charge on any atom is 1.00 e. The first-order valence-electron chi connectivity index (χ1n) is 17.2. The number of hydrogen-bond acceptors (Lipinski definition) is 3. The van der Waals surface area contributed by atoms with E-state index in [1.165, 1.54) is 122 Å². The summed E-state index contributed by atoms with van der Waals surface area (Å²) in [7, 11) is 0. The van der Waals surface area contributed by atoms with Gasteiger partial charge in [0.15, 0.2) is 0 Å². The average Bonchev–Trinajstić information content (AvgIpc) is 2.93. The number of ether oxygens (including phenoxy) is 1. The van der Waals surface area contributed by atoms with E-state index in [1.54, 1.807) is 0 Å². The molecular weight excluding hydrogens is 559 g/mol. The minimum absolute atomic E-state index is 0. The molecule has 0 saturated heterocycles. The van der Waals surface area contributed by atoms with Crippen molar-refractivity contribution in [2.75, 3.05) is 0 Å². The van der Waals surface area contributed by atoms with Crippen molar-refractivity contribution in [3.8, 4) is 0 Å². The summed E-state index contributed by atoms with van der Waals surface area (Å²) in [5, 5.41) is 0. The van der Waals surface area contributed by atoms with E-state index >= 15 is 0 Å². The zero-order valence-corrected chi connectivity index (χ0v) is 30.8. The van der Waals surface area contributed by atoms with Crippen LogP contribution in [-0.4, -0.2) is 11.9 Å². The minimum atomic E-state index is -0.341. The molecule has 0 bridgehead atoms. The standard InChI is InChI=1S/C36H66O3.Fe.Na.H/c1-3-5-7-9-11-13-15-17-19-21-23-25-27-29-31-33-35(37)39-36(38)34-32-30-28-26-24-22-20-18-16-14-12-10-8-6-4-2;;;/h11,13,17,19H,3-10,12,14-16,18,20-34H2,1-2H3;;;/q;;+1;-1/b13-11-,19-17-;;;. The third kappa shape index (κ3) is 40.1. The Morgan fingerprint density at radius 3 is 1.15 bits per heavy atom. The Bertz CT molecular complexity index is 598. The molecule has 0 N–H and O–H groups in total. The van der Waals surface area contributed by atoms with Gasteiger partial charge in [-0.25, -0.2) is 0 Å². The smallest absolute Gasteiger partial charge is 1.00 e. The second kappa shape index (κ2) is 40.1. The Balaban J connectivity index is -0.00000241. The summed E-state index contributed by atoms with van der Waals surface area (Å²) in [5.74, 6) is -0.677. The molecule has 238 valence electrons. The average molecular weight is 627 g/mol. The van der Waals surface area contributed by atoms with E-state index in [-0.39, 0.29) is 60.0 Å². The zero-order chi connectivity index (χ0) is 28.5. The van der Waals surface area contributed by atoms with Gasteiger partial charge in [0.25, 0.3) is 0 Å². The van der Waals surface area contributed by atoms with Crippen LogP contribution in [0, 0.1) is 0 Å². The van der Waals surface area contributed by atoms with Gasteiger partial charge in [-0.05, 0) is 44.9 Å². The Hall–Kier alpha value is 0.139. The molecule has 3 nitrogen and oxygen atoms in total. The zero-order valence-electron chi connectivity index (χ0n) is 28.7. The number of rotatable bonds is 30. The Labute approximate surface area is 290 Å². The maximum absolute atomic E-state index is 11.9. The molecule has 0 aliphatic carbocycles. The number of allylic oxidation sites excluding steroid dienone is 4. The van der Waals surface area contributed by atoms with E-state index in [9.17, 15) is 9.59 Å². The van der Waals surface area contributed by atoms with Crippen molar-refractivity contribution in [1.82, 2.24) is 0 Å². The molecule has 0 fully saturated rings. The fraction of sp³-hybridized carbons (Fsp3) is 0.833. The summed E-state index contributed by atoms with van der Waals surface area (Å²) in [6, 6.07) is 0. The normalized spacial score (nSPS) is 11.1. The van der Waals surface area contributed by atoms with Gasteiger partial charge >= 0.3 is 41.5 Å². The van der Waals surface area contributed by atoms with Crippen molar-refractivity contribution < 1.29 is 62.4 Å². The first kappa shape index (κ1) is 45.6. The van der Waals surface area contributed by atoms with Crippen LogP contribution in [0.1, 0.15) is 195 Å². The Morgan fingerprint density at radius 1 is 0.463 bits per heavy atom. The Kier molecular flexibility index (Phi) is 44.6. The quantitative estimate of drug-likeness (QED) is 0.0263. The van der Waals surface area contributed by atoms with Crippen LogP contribution < -0.4 is 29.6 Å². The van der Waals surface area contributed by atoms with Gasteiger partial charge in [0, 0.05) is 29.9 Å². The van der Waals surface area contributed by atoms with Crippen molar-refractivity contribution in [3.63, 3.8) is 0 Å². The van der Waals surface area contributed by atoms with Crippen molar-refractivity contribution >= 4 is 11.9 Å². The monoisotopic (exact) mass is 626 g/mol. The molecule has 0 heterocycles. The van der Waals surface area contributed by atoms with Gasteiger partial charge in [-0.1, -0.05) is 160 Å². The number of carbonyl (C=O) groups is 2. The van der Waals surface area contributed by atoms with Crippen molar-refractivity contribution in [2.24, 2.45) is 0 Å². The van der Waals surface area contributed by atoms with Crippen LogP contribution in [0.3, 0.4) is 0 Å². The van der Waals surface area contributed by atoms with Crippen LogP contribution in [0.5, 0.6) is 0 Å². The van der Waals surface area contributed by atoms with E-state index in [0.29, 0.717) is 12.8 Å². The van der Waals surface area contributed by atoms with E-state index in [4.69, 9.17) is 4.74 Å². The van der Waals surface area contributed by atoms with Gasteiger partial charge in [-0.3, -0.25) is 9.59 Å². The first-order valence-corrected chi connectivity index (χ1v) is 17.2. The fourth-order valence-electron chi connectivity index (χ4n) is 4.95. The Morgan fingerprint density at radius 2 is 0.756 bits per heavy atom. The molecule has 0 amide bonds. The van der Waals surface area contributed by atoms with Gasteiger partial charge < -0.3 is 6.16 Å². The SMILES string of the molecule is CCCCC/C=C\C/C=C\CCCCCCCC(=O)OC(=O)CCCCCCCCCCCCCCCCC.[Fe].[H-].[Na+]. The largest absolute Gasteiger partial charge is 1.00 e. The summed E-state index contributed by atoms with van der Waals surface area (Å²) < 4.78 is 5.00. The van der Waals surface area contributed by atoms with Crippen molar-refractivity contribution in [3.05, 3.63) is 24.3 Å². The molecule has 0 rings (SSSR count). The predicted molar refractivity (Wildman–Crippen MR) is 171 cm³/mol. The molecular formula is C36H67FeNaO3. The van der Waals surface area contributed by atoms with Gasteiger partial charge in [0.2, 0.25) is 0 Å². The van der Waals surface area contributed by atoms with Crippen LogP contribution in [0.15, 0.2) is 24.3 Å². The van der Waals surface area contributed by atoms with Crippen LogP contribution >= 0.6 is 0 Å². The fourth-order valence-corrected chi connectivity index (χ4v) is 4.95. The topological polar surface area (TPSA) is 43.4 Å². The predicted octanol–water partition coefficient (Wildman–Crippen LogP) is 9.25. The second-order valence-corrected chi connectivity index (χ2v) is 11.5. The molecule has 5 heteroatoms. The summed E-state index contributed by atoms with van der Waals surface area (Å²) in [4.78, 5) is 23.8. The molecule has 0 radical (unpaired) electrons. The maximum atomic E-state index is 11.9. The van der Waals surface area contributed by atoms with Crippen molar-refractivity contribution in [1.29, 1.82) is 0 Å².